The SMILES string of the molecule is CNC(=O)c1cccc(N/C(=C/C(=O)OC)C(=O)OC)c1. The van der Waals surface area contributed by atoms with Crippen molar-refractivity contribution in [3.05, 3.63) is 41.6 Å². The van der Waals surface area contributed by atoms with E-state index in [1.165, 1.54) is 27.3 Å². The van der Waals surface area contributed by atoms with Crippen LogP contribution >= 0.6 is 0 Å². The van der Waals surface area contributed by atoms with E-state index in [2.05, 4.69) is 20.1 Å². The first-order valence-corrected chi connectivity index (χ1v) is 5.99. The van der Waals surface area contributed by atoms with Crippen molar-refractivity contribution >= 4 is 23.5 Å². The number of nitrogens with one attached hydrogen (secondary N) is 2. The fourth-order valence-electron chi connectivity index (χ4n) is 1.47. The smallest absolute Gasteiger partial charge is 0.354 e. The van der Waals surface area contributed by atoms with Gasteiger partial charge >= 0.3 is 11.9 Å². The molecule has 1 aromatic carbocycles. The van der Waals surface area contributed by atoms with Crippen molar-refractivity contribution in [1.82, 2.24) is 5.32 Å². The summed E-state index contributed by atoms with van der Waals surface area (Å²) in [6.45, 7) is 0. The molecule has 0 aliphatic heterocycles. The summed E-state index contributed by atoms with van der Waals surface area (Å²) in [6, 6.07) is 6.43. The molecule has 0 unspecified atom stereocenters. The normalized spacial score (nSPS) is 10.5. The number of rotatable bonds is 5. The number of hydrogen-bond donors (Lipinski definition) is 2. The Hall–Kier alpha value is -2.83. The first kappa shape index (κ1) is 16.2. The minimum absolute atomic E-state index is 0.0987. The summed E-state index contributed by atoms with van der Waals surface area (Å²) >= 11 is 0. The number of esters is 2. The molecule has 1 aromatic rings. The Morgan fingerprint density at radius 2 is 1.86 bits per heavy atom. The number of carbonyl (C=O) groups is 3. The van der Waals surface area contributed by atoms with Crippen LogP contribution in [0.5, 0.6) is 0 Å². The molecule has 0 saturated carbocycles. The Labute approximate surface area is 121 Å². The maximum Gasteiger partial charge on any atom is 0.354 e. The standard InChI is InChI=1S/C14H16N2O5/c1-15-13(18)9-5-4-6-10(7-9)16-11(14(19)21-3)8-12(17)20-2/h4-8,16H,1-3H3,(H,15,18)/b11-8+. The zero-order valence-corrected chi connectivity index (χ0v) is 11.9. The lowest BCUT2D eigenvalue weighted by Crippen LogP contribution is -2.18. The predicted molar refractivity (Wildman–Crippen MR) is 75.6 cm³/mol. The van der Waals surface area contributed by atoms with Gasteiger partial charge in [-0.15, -0.1) is 0 Å². The molecular weight excluding hydrogens is 276 g/mol. The van der Waals surface area contributed by atoms with Crippen molar-refractivity contribution in [2.75, 3.05) is 26.6 Å². The van der Waals surface area contributed by atoms with Crippen molar-refractivity contribution in [3.63, 3.8) is 0 Å². The number of amides is 1. The molecule has 0 aliphatic carbocycles. The zero-order valence-electron chi connectivity index (χ0n) is 11.9. The number of benzene rings is 1. The molecule has 0 bridgehead atoms. The Kier molecular flexibility index (Phi) is 5.94. The molecule has 0 spiro atoms. The van der Waals surface area contributed by atoms with E-state index < -0.39 is 11.9 Å². The van der Waals surface area contributed by atoms with Crippen LogP contribution in [0.2, 0.25) is 0 Å². The molecular formula is C14H16N2O5. The molecule has 21 heavy (non-hydrogen) atoms. The van der Waals surface area contributed by atoms with Gasteiger partial charge in [-0.1, -0.05) is 6.07 Å². The molecule has 1 rings (SSSR count). The highest BCUT2D eigenvalue weighted by Crippen LogP contribution is 2.14. The van der Waals surface area contributed by atoms with Gasteiger partial charge < -0.3 is 20.1 Å². The lowest BCUT2D eigenvalue weighted by Gasteiger charge is -2.10. The van der Waals surface area contributed by atoms with Crippen LogP contribution in [0.25, 0.3) is 0 Å². The lowest BCUT2D eigenvalue weighted by atomic mass is 10.2. The Balaban J connectivity index is 3.04. The summed E-state index contributed by atoms with van der Waals surface area (Å²) in [7, 11) is 3.90. The van der Waals surface area contributed by atoms with Crippen LogP contribution in [0.1, 0.15) is 10.4 Å². The van der Waals surface area contributed by atoms with Crippen LogP contribution in [0.4, 0.5) is 5.69 Å². The topological polar surface area (TPSA) is 93.7 Å². The summed E-state index contributed by atoms with van der Waals surface area (Å²) in [4.78, 5) is 34.4. The van der Waals surface area contributed by atoms with Crippen molar-refractivity contribution < 1.29 is 23.9 Å². The first-order valence-electron chi connectivity index (χ1n) is 5.99. The minimum atomic E-state index is -0.731. The second-order valence-electron chi connectivity index (χ2n) is 3.86. The molecule has 1 amide bonds. The molecule has 112 valence electrons. The third kappa shape index (κ3) is 4.64. The highest BCUT2D eigenvalue weighted by molar-refractivity contribution is 5.99. The maximum absolute atomic E-state index is 11.6. The zero-order chi connectivity index (χ0) is 15.8. The third-order valence-electron chi connectivity index (χ3n) is 2.50. The van der Waals surface area contributed by atoms with Gasteiger partial charge in [0.05, 0.1) is 20.3 Å². The Morgan fingerprint density at radius 1 is 1.14 bits per heavy atom. The second kappa shape index (κ2) is 7.68. The van der Waals surface area contributed by atoms with Crippen molar-refractivity contribution in [1.29, 1.82) is 0 Å². The van der Waals surface area contributed by atoms with Crippen LogP contribution in [-0.2, 0) is 19.1 Å². The lowest BCUT2D eigenvalue weighted by molar-refractivity contribution is -0.138. The van der Waals surface area contributed by atoms with E-state index in [0.29, 0.717) is 11.3 Å². The van der Waals surface area contributed by atoms with E-state index >= 15 is 0 Å². The largest absolute Gasteiger partial charge is 0.466 e. The van der Waals surface area contributed by atoms with Crippen LogP contribution in [-0.4, -0.2) is 39.1 Å². The summed E-state index contributed by atoms with van der Waals surface area (Å²) in [5, 5.41) is 5.21. The van der Waals surface area contributed by atoms with Gasteiger partial charge in [-0.05, 0) is 18.2 Å². The van der Waals surface area contributed by atoms with E-state index in [4.69, 9.17) is 0 Å². The number of methoxy groups -OCH3 is 2. The molecule has 0 fully saturated rings. The second-order valence-corrected chi connectivity index (χ2v) is 3.86. The van der Waals surface area contributed by atoms with Gasteiger partial charge in [0.25, 0.3) is 5.91 Å². The Bertz CT molecular complexity index is 580. The molecule has 0 aliphatic rings. The summed E-state index contributed by atoms with van der Waals surface area (Å²) < 4.78 is 9.04. The van der Waals surface area contributed by atoms with Gasteiger partial charge in [-0.2, -0.15) is 0 Å². The highest BCUT2D eigenvalue weighted by atomic mass is 16.5. The van der Waals surface area contributed by atoms with Gasteiger partial charge in [0.1, 0.15) is 5.70 Å². The van der Waals surface area contributed by atoms with Gasteiger partial charge in [0.15, 0.2) is 0 Å². The predicted octanol–water partition coefficient (Wildman–Crippen LogP) is 0.688. The van der Waals surface area contributed by atoms with E-state index in [1.807, 2.05) is 0 Å². The highest BCUT2D eigenvalue weighted by Gasteiger charge is 2.13. The third-order valence-corrected chi connectivity index (χ3v) is 2.50. The maximum atomic E-state index is 11.6. The molecule has 7 heteroatoms. The first-order chi connectivity index (χ1) is 10.0. The fraction of sp³-hybridized carbons (Fsp3) is 0.214. The van der Waals surface area contributed by atoms with E-state index in [-0.39, 0.29) is 11.6 Å². The van der Waals surface area contributed by atoms with E-state index in [1.54, 1.807) is 18.2 Å². The average molecular weight is 292 g/mol. The van der Waals surface area contributed by atoms with E-state index in [9.17, 15) is 14.4 Å². The monoisotopic (exact) mass is 292 g/mol. The van der Waals surface area contributed by atoms with Crippen LogP contribution < -0.4 is 10.6 Å². The quantitative estimate of drug-likeness (QED) is 0.612. The van der Waals surface area contributed by atoms with Crippen LogP contribution in [0.3, 0.4) is 0 Å². The van der Waals surface area contributed by atoms with Crippen molar-refractivity contribution in [2.45, 2.75) is 0 Å². The molecule has 0 atom stereocenters. The molecule has 2 N–H and O–H groups in total. The van der Waals surface area contributed by atoms with Gasteiger partial charge in [-0.25, -0.2) is 9.59 Å². The van der Waals surface area contributed by atoms with Crippen LogP contribution in [0, 0.1) is 0 Å². The minimum Gasteiger partial charge on any atom is -0.466 e. The number of hydrogen-bond acceptors (Lipinski definition) is 6. The average Bonchev–Trinajstić information content (AvgIpc) is 2.52. The van der Waals surface area contributed by atoms with Gasteiger partial charge in [0.2, 0.25) is 0 Å². The van der Waals surface area contributed by atoms with Crippen LogP contribution in [0.15, 0.2) is 36.0 Å². The van der Waals surface area contributed by atoms with Gasteiger partial charge in [0, 0.05) is 18.3 Å². The molecule has 0 radical (unpaired) electrons. The molecule has 0 heterocycles. The Morgan fingerprint density at radius 3 is 2.43 bits per heavy atom. The van der Waals surface area contributed by atoms with E-state index in [0.717, 1.165) is 6.08 Å². The summed E-state index contributed by atoms with van der Waals surface area (Å²) in [5.41, 5.74) is 0.764. The molecule has 7 nitrogen and oxygen atoms in total. The summed E-state index contributed by atoms with van der Waals surface area (Å²) in [6.07, 6.45) is 0.971. The van der Waals surface area contributed by atoms with Crippen molar-refractivity contribution in [3.8, 4) is 0 Å². The van der Waals surface area contributed by atoms with Gasteiger partial charge in [-0.3, -0.25) is 4.79 Å². The number of ether oxygens (including phenoxy) is 2. The van der Waals surface area contributed by atoms with Crippen molar-refractivity contribution in [2.24, 2.45) is 0 Å². The number of carbonyl (C=O) groups excluding carboxylic acids is 3. The molecule has 0 aromatic heterocycles. The fourth-order valence-corrected chi connectivity index (χ4v) is 1.47. The number of anilines is 1. The summed E-state index contributed by atoms with van der Waals surface area (Å²) in [5.74, 6) is -1.70. The molecule has 0 saturated heterocycles.